The topological polar surface area (TPSA) is 168 Å². The molecule has 49 heavy (non-hydrogen) atoms. The Morgan fingerprint density at radius 1 is 0.878 bits per heavy atom. The molecule has 3 aromatic rings. The van der Waals surface area contributed by atoms with Crippen LogP contribution in [0.2, 0.25) is 0 Å². The molecule has 0 bridgehead atoms. The second kappa shape index (κ2) is 16.9. The van der Waals surface area contributed by atoms with Crippen molar-refractivity contribution in [2.45, 2.75) is 33.2 Å². The molecule has 13 nitrogen and oxygen atoms in total. The van der Waals surface area contributed by atoms with Crippen LogP contribution in [0.15, 0.2) is 95.1 Å². The smallest absolute Gasteiger partial charge is 0.338 e. The van der Waals surface area contributed by atoms with Crippen LogP contribution in [-0.2, 0) is 35.1 Å². The van der Waals surface area contributed by atoms with E-state index < -0.39 is 34.7 Å². The summed E-state index contributed by atoms with van der Waals surface area (Å²) in [7, 11) is 1.99. The van der Waals surface area contributed by atoms with Crippen molar-refractivity contribution < 1.29 is 43.2 Å². The highest BCUT2D eigenvalue weighted by atomic mass is 16.6. The molecule has 1 amide bonds. The Bertz CT molecular complexity index is 1750. The van der Waals surface area contributed by atoms with Gasteiger partial charge in [-0.05, 0) is 43.7 Å². The van der Waals surface area contributed by atoms with Gasteiger partial charge in [0, 0.05) is 47.6 Å². The number of quaternary nitrogens is 1. The van der Waals surface area contributed by atoms with Gasteiger partial charge in [-0.15, -0.1) is 0 Å². The molecule has 3 aromatic carbocycles. The number of amides is 1. The molecule has 0 saturated carbocycles. The second-order valence-corrected chi connectivity index (χ2v) is 11.6. The lowest BCUT2D eigenvalue weighted by molar-refractivity contribution is -0.893. The van der Waals surface area contributed by atoms with Crippen molar-refractivity contribution in [1.82, 2.24) is 0 Å². The predicted molar refractivity (Wildman–Crippen MR) is 180 cm³/mol. The monoisotopic (exact) mass is 671 g/mol. The fourth-order valence-electron chi connectivity index (χ4n) is 5.57. The largest absolute Gasteiger partial charge is 0.459 e. The van der Waals surface area contributed by atoms with E-state index in [0.29, 0.717) is 23.5 Å². The Balaban J connectivity index is 1.46. The van der Waals surface area contributed by atoms with Crippen molar-refractivity contribution in [2.24, 2.45) is 10.9 Å². The lowest BCUT2D eigenvalue weighted by Gasteiger charge is -2.31. The van der Waals surface area contributed by atoms with E-state index in [-0.39, 0.29) is 48.2 Å². The van der Waals surface area contributed by atoms with Gasteiger partial charge in [-0.25, -0.2) is 9.59 Å². The van der Waals surface area contributed by atoms with Crippen molar-refractivity contribution in [3.8, 4) is 0 Å². The highest BCUT2D eigenvalue weighted by molar-refractivity contribution is 6.07. The average molecular weight is 672 g/mol. The summed E-state index contributed by atoms with van der Waals surface area (Å²) in [6, 6.07) is 21.7. The van der Waals surface area contributed by atoms with Crippen LogP contribution in [0.25, 0.3) is 0 Å². The Morgan fingerprint density at radius 3 is 2.20 bits per heavy atom. The molecule has 1 heterocycles. The second-order valence-electron chi connectivity index (χ2n) is 11.6. The molecular formula is C36H39N4O9+. The molecule has 4 rings (SSSR count). The van der Waals surface area contributed by atoms with E-state index in [1.54, 1.807) is 32.0 Å². The molecule has 256 valence electrons. The van der Waals surface area contributed by atoms with Crippen LogP contribution in [0.3, 0.4) is 0 Å². The first kappa shape index (κ1) is 36.2. The Labute approximate surface area is 283 Å². The number of hydrogen-bond acceptors (Lipinski definition) is 10. The standard InChI is InChI=1S/C36H38N4O9/c1-23-31(35(43)47-18-17-39(4)22-26-9-6-5-7-10-26)33(28-11-8-12-30(21-28)40(45)46)32(24(2)37-23)36(44)49-20-19-48-34(42)27-13-15-29(16-14-27)38-25(3)41/h5-16,21,31,33H,17-20,22H2,1-4H3,(H,38,41)/p+1/t31?,33-/m1/s1. The number of ether oxygens (including phenoxy) is 3. The van der Waals surface area contributed by atoms with Crippen molar-refractivity contribution in [3.63, 3.8) is 0 Å². The zero-order chi connectivity index (χ0) is 35.5. The number of rotatable bonds is 14. The van der Waals surface area contributed by atoms with Gasteiger partial charge in [0.2, 0.25) is 5.91 Å². The number of nitro benzene ring substituents is 1. The molecule has 0 aliphatic carbocycles. The van der Waals surface area contributed by atoms with Gasteiger partial charge in [0.15, 0.2) is 0 Å². The minimum absolute atomic E-state index is 0.0414. The number of likely N-dealkylation sites (N-methyl/N-ethyl adjacent to an activating group) is 1. The minimum atomic E-state index is -1.05. The summed E-state index contributed by atoms with van der Waals surface area (Å²) in [6.07, 6.45) is 0. The Kier molecular flexibility index (Phi) is 12.5. The summed E-state index contributed by atoms with van der Waals surface area (Å²) >= 11 is 0. The normalized spacial score (nSPS) is 16.2. The van der Waals surface area contributed by atoms with E-state index in [2.05, 4.69) is 10.3 Å². The van der Waals surface area contributed by atoms with Gasteiger partial charge >= 0.3 is 17.9 Å². The zero-order valence-corrected chi connectivity index (χ0v) is 27.8. The number of allylic oxidation sites excluding steroid dienone is 1. The number of nitrogens with zero attached hydrogens (tertiary/aromatic N) is 2. The number of esters is 3. The third-order valence-corrected chi connectivity index (χ3v) is 7.85. The van der Waals surface area contributed by atoms with Crippen molar-refractivity contribution >= 4 is 40.9 Å². The SMILES string of the molecule is CC(=O)Nc1ccc(C(=O)OCCOC(=O)C2=C(C)N=C(C)C(C(=O)OCC[NH+](C)Cc3ccccc3)[C@H]2c2cccc([N+](=O)[O-])c2)cc1. The van der Waals surface area contributed by atoms with Gasteiger partial charge in [0.05, 0.1) is 23.1 Å². The first-order valence-electron chi connectivity index (χ1n) is 15.7. The summed E-state index contributed by atoms with van der Waals surface area (Å²) in [4.78, 5) is 67.7. The summed E-state index contributed by atoms with van der Waals surface area (Å²) < 4.78 is 16.4. The van der Waals surface area contributed by atoms with Crippen LogP contribution in [0, 0.1) is 16.0 Å². The first-order chi connectivity index (χ1) is 23.4. The number of nitrogens with one attached hydrogen (secondary N) is 2. The number of hydrogen-bond donors (Lipinski definition) is 2. The number of benzene rings is 3. The maximum absolute atomic E-state index is 13.7. The maximum atomic E-state index is 13.7. The highest BCUT2D eigenvalue weighted by Gasteiger charge is 2.43. The number of carbonyl (C=O) groups is 4. The molecular weight excluding hydrogens is 632 g/mol. The zero-order valence-electron chi connectivity index (χ0n) is 27.8. The van der Waals surface area contributed by atoms with Crippen LogP contribution in [0.5, 0.6) is 0 Å². The molecule has 0 saturated heterocycles. The minimum Gasteiger partial charge on any atom is -0.459 e. The van der Waals surface area contributed by atoms with Gasteiger partial charge in [-0.2, -0.15) is 0 Å². The quantitative estimate of drug-likeness (QED) is 0.0855. The van der Waals surface area contributed by atoms with Gasteiger partial charge < -0.3 is 24.4 Å². The fourth-order valence-corrected chi connectivity index (χ4v) is 5.57. The van der Waals surface area contributed by atoms with Gasteiger partial charge in [0.25, 0.3) is 5.69 Å². The molecule has 0 spiro atoms. The summed E-state index contributed by atoms with van der Waals surface area (Å²) in [6.45, 7) is 5.40. The highest BCUT2D eigenvalue weighted by Crippen LogP contribution is 2.41. The molecule has 2 unspecified atom stereocenters. The van der Waals surface area contributed by atoms with E-state index in [9.17, 15) is 29.3 Å². The molecule has 0 radical (unpaired) electrons. The number of non-ortho nitro benzene ring substituents is 1. The van der Waals surface area contributed by atoms with E-state index in [0.717, 1.165) is 17.0 Å². The average Bonchev–Trinajstić information content (AvgIpc) is 3.06. The van der Waals surface area contributed by atoms with E-state index in [4.69, 9.17) is 14.2 Å². The lowest BCUT2D eigenvalue weighted by atomic mass is 9.75. The van der Waals surface area contributed by atoms with Crippen LogP contribution < -0.4 is 10.2 Å². The number of aliphatic imine (C=N–C) groups is 1. The molecule has 1 aliphatic heterocycles. The third kappa shape index (κ3) is 9.91. The van der Waals surface area contributed by atoms with E-state index in [1.165, 1.54) is 37.3 Å². The summed E-state index contributed by atoms with van der Waals surface area (Å²) in [5, 5.41) is 14.3. The van der Waals surface area contributed by atoms with Gasteiger partial charge in [-0.1, -0.05) is 42.5 Å². The molecule has 0 fully saturated rings. The van der Waals surface area contributed by atoms with Crippen LogP contribution in [-0.4, -0.2) is 67.9 Å². The van der Waals surface area contributed by atoms with Crippen molar-refractivity contribution in [3.05, 3.63) is 117 Å². The van der Waals surface area contributed by atoms with Crippen LogP contribution >= 0.6 is 0 Å². The van der Waals surface area contributed by atoms with Crippen molar-refractivity contribution in [2.75, 3.05) is 38.7 Å². The third-order valence-electron chi connectivity index (χ3n) is 7.85. The number of carbonyl (C=O) groups excluding carboxylic acids is 4. The van der Waals surface area contributed by atoms with Crippen molar-refractivity contribution in [1.29, 1.82) is 0 Å². The molecule has 13 heteroatoms. The number of nitro groups is 1. The van der Waals surface area contributed by atoms with Gasteiger partial charge in [-0.3, -0.25) is 24.7 Å². The van der Waals surface area contributed by atoms with Gasteiger partial charge in [0.1, 0.15) is 38.8 Å². The molecule has 3 atom stereocenters. The van der Waals surface area contributed by atoms with Crippen LogP contribution in [0.1, 0.15) is 48.2 Å². The fraction of sp³-hybridized carbons (Fsp3) is 0.306. The summed E-state index contributed by atoms with van der Waals surface area (Å²) in [5.41, 5.74) is 2.74. The van der Waals surface area contributed by atoms with Crippen LogP contribution in [0.4, 0.5) is 11.4 Å². The number of anilines is 1. The van der Waals surface area contributed by atoms with E-state index in [1.807, 2.05) is 37.4 Å². The Morgan fingerprint density at radius 2 is 1.55 bits per heavy atom. The summed E-state index contributed by atoms with van der Waals surface area (Å²) in [5.74, 6) is -4.39. The maximum Gasteiger partial charge on any atom is 0.338 e. The molecule has 2 N–H and O–H groups in total. The molecule has 0 aromatic heterocycles. The van der Waals surface area contributed by atoms with E-state index >= 15 is 0 Å². The lowest BCUT2D eigenvalue weighted by Crippen LogP contribution is -3.08. The predicted octanol–water partition coefficient (Wildman–Crippen LogP) is 3.66. The first-order valence-corrected chi connectivity index (χ1v) is 15.7. The Hall–Kier alpha value is -5.69. The molecule has 1 aliphatic rings.